The summed E-state index contributed by atoms with van der Waals surface area (Å²) in [4.78, 5) is 23.5. The van der Waals surface area contributed by atoms with Crippen LogP contribution in [-0.4, -0.2) is 44.4 Å². The van der Waals surface area contributed by atoms with E-state index in [0.29, 0.717) is 36.6 Å². The van der Waals surface area contributed by atoms with Crippen molar-refractivity contribution in [1.82, 2.24) is 10.7 Å². The van der Waals surface area contributed by atoms with Crippen LogP contribution in [0.3, 0.4) is 0 Å². The molecule has 0 radical (unpaired) electrons. The highest BCUT2D eigenvalue weighted by Gasteiger charge is 2.11. The first-order valence-corrected chi connectivity index (χ1v) is 10.2. The van der Waals surface area contributed by atoms with Gasteiger partial charge in [0.05, 0.1) is 19.4 Å². The number of amides is 2. The van der Waals surface area contributed by atoms with Crippen LogP contribution in [0.4, 0.5) is 4.39 Å². The van der Waals surface area contributed by atoms with Crippen molar-refractivity contribution in [3.05, 3.63) is 59.4 Å². The Morgan fingerprint density at radius 2 is 1.84 bits per heavy atom. The minimum absolute atomic E-state index is 0.123. The van der Waals surface area contributed by atoms with Gasteiger partial charge >= 0.3 is 11.8 Å². The Morgan fingerprint density at radius 3 is 2.53 bits per heavy atom. The highest BCUT2D eigenvalue weighted by atomic mass is 19.1. The van der Waals surface area contributed by atoms with Crippen LogP contribution < -0.4 is 20.2 Å². The van der Waals surface area contributed by atoms with E-state index in [1.807, 2.05) is 13.8 Å². The third kappa shape index (κ3) is 8.73. The van der Waals surface area contributed by atoms with Crippen molar-refractivity contribution in [3.63, 3.8) is 0 Å². The lowest BCUT2D eigenvalue weighted by Crippen LogP contribution is -2.38. The summed E-state index contributed by atoms with van der Waals surface area (Å²) in [5, 5.41) is 6.29. The molecule has 9 heteroatoms. The fraction of sp³-hybridized carbons (Fsp3) is 0.348. The van der Waals surface area contributed by atoms with Gasteiger partial charge in [-0.3, -0.25) is 9.59 Å². The van der Waals surface area contributed by atoms with Crippen molar-refractivity contribution in [1.29, 1.82) is 0 Å². The maximum absolute atomic E-state index is 13.0. The summed E-state index contributed by atoms with van der Waals surface area (Å²) in [7, 11) is 1.50. The molecule has 0 unspecified atom stereocenters. The number of nitrogens with one attached hydrogen (secondary N) is 2. The zero-order valence-electron chi connectivity index (χ0n) is 18.4. The number of carbonyl (C=O) groups excluding carboxylic acids is 2. The zero-order chi connectivity index (χ0) is 23.3. The van der Waals surface area contributed by atoms with E-state index >= 15 is 0 Å². The number of rotatable bonds is 11. The van der Waals surface area contributed by atoms with E-state index in [-0.39, 0.29) is 18.5 Å². The Bertz CT molecular complexity index is 916. The number of hydrazone groups is 1. The molecule has 0 atom stereocenters. The monoisotopic (exact) mass is 445 g/mol. The third-order valence-electron chi connectivity index (χ3n) is 4.14. The molecule has 2 rings (SSSR count). The van der Waals surface area contributed by atoms with Crippen LogP contribution in [0.25, 0.3) is 0 Å². The Balaban J connectivity index is 1.82. The molecule has 2 aromatic rings. The van der Waals surface area contributed by atoms with Gasteiger partial charge in [-0.2, -0.15) is 5.10 Å². The highest BCUT2D eigenvalue weighted by molar-refractivity contribution is 6.35. The molecule has 0 aliphatic rings. The van der Waals surface area contributed by atoms with Gasteiger partial charge in [0, 0.05) is 13.2 Å². The molecular weight excluding hydrogens is 417 g/mol. The van der Waals surface area contributed by atoms with Gasteiger partial charge in [0.15, 0.2) is 11.5 Å². The number of hydrogen-bond donors (Lipinski definition) is 2. The summed E-state index contributed by atoms with van der Waals surface area (Å²) in [5.41, 5.74) is 3.62. The molecule has 8 nitrogen and oxygen atoms in total. The molecule has 0 heterocycles. The minimum Gasteiger partial charge on any atom is -0.493 e. The van der Waals surface area contributed by atoms with Crippen LogP contribution in [0.2, 0.25) is 0 Å². The average molecular weight is 445 g/mol. The van der Waals surface area contributed by atoms with E-state index in [1.165, 1.54) is 25.5 Å². The fourth-order valence-corrected chi connectivity index (χ4v) is 2.52. The second-order valence-electron chi connectivity index (χ2n) is 7.05. The van der Waals surface area contributed by atoms with Crippen molar-refractivity contribution >= 4 is 18.0 Å². The normalized spacial score (nSPS) is 10.9. The Kier molecular flexibility index (Phi) is 10.1. The van der Waals surface area contributed by atoms with E-state index in [4.69, 9.17) is 14.2 Å². The third-order valence-corrected chi connectivity index (χ3v) is 4.14. The number of halogens is 1. The van der Waals surface area contributed by atoms with Crippen LogP contribution >= 0.6 is 0 Å². The van der Waals surface area contributed by atoms with Crippen molar-refractivity contribution in [2.75, 3.05) is 20.3 Å². The number of carbonyl (C=O) groups is 2. The second-order valence-corrected chi connectivity index (χ2v) is 7.05. The quantitative estimate of drug-likeness (QED) is 0.240. The standard InChI is InChI=1S/C23H28FN3O5/c1-16(2)31-12-4-11-25-22(28)23(29)27-26-14-18-7-10-20(21(13-18)30-3)32-15-17-5-8-19(24)9-6-17/h5-10,13-14,16H,4,11-12,15H2,1-3H3,(H,25,28)(H,27,29)/b26-14-. The smallest absolute Gasteiger partial charge is 0.329 e. The number of nitrogens with zero attached hydrogens (tertiary/aromatic N) is 1. The average Bonchev–Trinajstić information content (AvgIpc) is 2.78. The molecule has 0 saturated carbocycles. The van der Waals surface area contributed by atoms with E-state index in [1.54, 1.807) is 30.3 Å². The molecule has 0 spiro atoms. The molecule has 0 bridgehead atoms. The molecule has 0 fully saturated rings. The number of benzene rings is 2. The number of hydrogen-bond acceptors (Lipinski definition) is 6. The molecule has 32 heavy (non-hydrogen) atoms. The van der Waals surface area contributed by atoms with Gasteiger partial charge in [0.1, 0.15) is 12.4 Å². The summed E-state index contributed by atoms with van der Waals surface area (Å²) in [6.07, 6.45) is 2.11. The molecule has 0 saturated heterocycles. The van der Waals surface area contributed by atoms with E-state index in [0.717, 1.165) is 5.56 Å². The van der Waals surface area contributed by atoms with Gasteiger partial charge in [-0.15, -0.1) is 0 Å². The highest BCUT2D eigenvalue weighted by Crippen LogP contribution is 2.28. The Hall–Kier alpha value is -3.46. The zero-order valence-corrected chi connectivity index (χ0v) is 18.4. The summed E-state index contributed by atoms with van der Waals surface area (Å²) in [6, 6.07) is 11.1. The molecule has 2 amide bonds. The first kappa shape index (κ1) is 24.8. The first-order chi connectivity index (χ1) is 15.4. The lowest BCUT2D eigenvalue weighted by atomic mass is 10.2. The van der Waals surface area contributed by atoms with Gasteiger partial charge < -0.3 is 19.5 Å². The van der Waals surface area contributed by atoms with E-state index in [9.17, 15) is 14.0 Å². The molecule has 2 aromatic carbocycles. The van der Waals surface area contributed by atoms with Crippen molar-refractivity contribution in [2.45, 2.75) is 33.0 Å². The summed E-state index contributed by atoms with van der Waals surface area (Å²) in [5.74, 6) is -0.982. The summed E-state index contributed by atoms with van der Waals surface area (Å²) < 4.78 is 29.4. The van der Waals surface area contributed by atoms with Crippen LogP contribution in [0.1, 0.15) is 31.4 Å². The lowest BCUT2D eigenvalue weighted by molar-refractivity contribution is -0.139. The second kappa shape index (κ2) is 13.1. The molecule has 172 valence electrons. The summed E-state index contributed by atoms with van der Waals surface area (Å²) >= 11 is 0. The summed E-state index contributed by atoms with van der Waals surface area (Å²) in [6.45, 7) is 4.93. The SMILES string of the molecule is COc1cc(/C=N\NC(=O)C(=O)NCCCOC(C)C)ccc1OCc1ccc(F)cc1. The van der Waals surface area contributed by atoms with Crippen LogP contribution in [0, 0.1) is 5.82 Å². The molecular formula is C23H28FN3O5. The molecule has 2 N–H and O–H groups in total. The van der Waals surface area contributed by atoms with Crippen LogP contribution in [0.5, 0.6) is 11.5 Å². The predicted octanol–water partition coefficient (Wildman–Crippen LogP) is 2.79. The maximum Gasteiger partial charge on any atom is 0.329 e. The topological polar surface area (TPSA) is 98.2 Å². The van der Waals surface area contributed by atoms with Crippen molar-refractivity contribution in [2.24, 2.45) is 5.10 Å². The number of ether oxygens (including phenoxy) is 3. The number of methoxy groups -OCH3 is 1. The van der Waals surface area contributed by atoms with E-state index in [2.05, 4.69) is 15.8 Å². The lowest BCUT2D eigenvalue weighted by Gasteiger charge is -2.11. The van der Waals surface area contributed by atoms with Gasteiger partial charge in [-0.05, 0) is 61.7 Å². The molecule has 0 aromatic heterocycles. The maximum atomic E-state index is 13.0. The van der Waals surface area contributed by atoms with Gasteiger partial charge in [-0.25, -0.2) is 9.82 Å². The van der Waals surface area contributed by atoms with Gasteiger partial charge in [0.2, 0.25) is 0 Å². The minimum atomic E-state index is -0.864. The largest absolute Gasteiger partial charge is 0.493 e. The van der Waals surface area contributed by atoms with Crippen molar-refractivity contribution < 1.29 is 28.2 Å². The van der Waals surface area contributed by atoms with Gasteiger partial charge in [-0.1, -0.05) is 12.1 Å². The molecule has 0 aliphatic heterocycles. The van der Waals surface area contributed by atoms with Crippen LogP contribution in [-0.2, 0) is 20.9 Å². The first-order valence-electron chi connectivity index (χ1n) is 10.2. The van der Waals surface area contributed by atoms with Gasteiger partial charge in [0.25, 0.3) is 0 Å². The fourth-order valence-electron chi connectivity index (χ4n) is 2.52. The van der Waals surface area contributed by atoms with E-state index < -0.39 is 11.8 Å². The Labute approximate surface area is 186 Å². The van der Waals surface area contributed by atoms with Crippen molar-refractivity contribution in [3.8, 4) is 11.5 Å². The van der Waals surface area contributed by atoms with Crippen LogP contribution in [0.15, 0.2) is 47.6 Å². The molecule has 0 aliphatic carbocycles. The Morgan fingerprint density at radius 1 is 1.09 bits per heavy atom. The predicted molar refractivity (Wildman–Crippen MR) is 118 cm³/mol.